The molecule has 1 aromatic rings. The van der Waals surface area contributed by atoms with E-state index in [0.29, 0.717) is 11.5 Å². The molecule has 0 aliphatic rings. The van der Waals surface area contributed by atoms with E-state index in [-0.39, 0.29) is 16.5 Å². The molecule has 1 aromatic heterocycles. The molecule has 1 rings (SSSR count). The molecule has 8 heteroatoms. The Morgan fingerprint density at radius 2 is 2.12 bits per heavy atom. The zero-order valence-corrected chi connectivity index (χ0v) is 11.9. The molecule has 98 valence electrons. The molecular formula is C9H18N4O2S2. The highest BCUT2D eigenvalue weighted by Crippen LogP contribution is 2.31. The molecule has 0 radical (unpaired) electrons. The molecule has 0 aliphatic carbocycles. The summed E-state index contributed by atoms with van der Waals surface area (Å²) in [6, 6.07) is 0. The average Bonchev–Trinajstić information content (AvgIpc) is 2.60. The molecule has 3 N–H and O–H groups in total. The third-order valence-corrected chi connectivity index (χ3v) is 4.95. The van der Waals surface area contributed by atoms with E-state index in [1.165, 1.54) is 0 Å². The van der Waals surface area contributed by atoms with Crippen molar-refractivity contribution in [1.82, 2.24) is 9.27 Å². The van der Waals surface area contributed by atoms with Crippen molar-refractivity contribution in [3.8, 4) is 0 Å². The van der Waals surface area contributed by atoms with E-state index in [2.05, 4.69) is 9.69 Å². The topological polar surface area (TPSA) is 88.3 Å². The van der Waals surface area contributed by atoms with Gasteiger partial charge in [0.15, 0.2) is 15.7 Å². The van der Waals surface area contributed by atoms with Gasteiger partial charge in [-0.2, -0.15) is 4.37 Å². The maximum atomic E-state index is 11.8. The molecular weight excluding hydrogens is 260 g/mol. The second-order valence-electron chi connectivity index (χ2n) is 3.86. The minimum atomic E-state index is -3.32. The van der Waals surface area contributed by atoms with Crippen molar-refractivity contribution in [2.24, 2.45) is 0 Å². The van der Waals surface area contributed by atoms with Crippen molar-refractivity contribution in [2.75, 3.05) is 44.0 Å². The number of anilines is 2. The van der Waals surface area contributed by atoms with Crippen molar-refractivity contribution in [2.45, 2.75) is 11.8 Å². The summed E-state index contributed by atoms with van der Waals surface area (Å²) in [7, 11) is 0.582. The molecule has 0 saturated carbocycles. The van der Waals surface area contributed by atoms with Crippen LogP contribution in [0.2, 0.25) is 0 Å². The van der Waals surface area contributed by atoms with Crippen molar-refractivity contribution >= 4 is 32.2 Å². The van der Waals surface area contributed by atoms with Crippen LogP contribution in [-0.2, 0) is 9.84 Å². The first-order valence-corrected chi connectivity index (χ1v) is 7.67. The number of hydrogen-bond acceptors (Lipinski definition) is 7. The molecule has 0 atom stereocenters. The van der Waals surface area contributed by atoms with E-state index in [9.17, 15) is 8.42 Å². The fourth-order valence-corrected chi connectivity index (χ4v) is 3.44. The van der Waals surface area contributed by atoms with Crippen molar-refractivity contribution in [1.29, 1.82) is 0 Å². The van der Waals surface area contributed by atoms with Gasteiger partial charge in [0.1, 0.15) is 9.90 Å². The van der Waals surface area contributed by atoms with Crippen LogP contribution in [0.5, 0.6) is 0 Å². The third kappa shape index (κ3) is 3.55. The van der Waals surface area contributed by atoms with Crippen LogP contribution in [0.3, 0.4) is 0 Å². The number of nitrogen functional groups attached to an aromatic ring is 1. The fourth-order valence-electron chi connectivity index (χ4n) is 1.24. The van der Waals surface area contributed by atoms with Gasteiger partial charge in [-0.3, -0.25) is 0 Å². The Balaban J connectivity index is 2.88. The second-order valence-corrected chi connectivity index (χ2v) is 6.85. The van der Waals surface area contributed by atoms with E-state index >= 15 is 0 Å². The minimum Gasteiger partial charge on any atom is -0.382 e. The zero-order valence-electron chi connectivity index (χ0n) is 10.2. The van der Waals surface area contributed by atoms with E-state index in [4.69, 9.17) is 5.73 Å². The Morgan fingerprint density at radius 3 is 2.65 bits per heavy atom. The lowest BCUT2D eigenvalue weighted by molar-refractivity contribution is 0.425. The van der Waals surface area contributed by atoms with Crippen LogP contribution < -0.4 is 11.1 Å². The van der Waals surface area contributed by atoms with Crippen LogP contribution >= 0.6 is 11.5 Å². The summed E-state index contributed by atoms with van der Waals surface area (Å²) in [5.74, 6) is 0.113. The van der Waals surface area contributed by atoms with Crippen molar-refractivity contribution in [3.63, 3.8) is 0 Å². The smallest absolute Gasteiger partial charge is 0.184 e. The highest BCUT2D eigenvalue weighted by molar-refractivity contribution is 7.91. The van der Waals surface area contributed by atoms with Gasteiger partial charge in [0.2, 0.25) is 0 Å². The van der Waals surface area contributed by atoms with Crippen LogP contribution in [0, 0.1) is 0 Å². The molecule has 0 bridgehead atoms. The molecule has 6 nitrogen and oxygen atoms in total. The summed E-state index contributed by atoms with van der Waals surface area (Å²) in [5, 5.41) is 3.59. The quantitative estimate of drug-likeness (QED) is 0.787. The molecule has 0 aliphatic heterocycles. The summed E-state index contributed by atoms with van der Waals surface area (Å²) >= 11 is 1.09. The summed E-state index contributed by atoms with van der Waals surface area (Å²) in [6.07, 6.45) is 0. The molecule has 0 saturated heterocycles. The predicted molar refractivity (Wildman–Crippen MR) is 71.3 cm³/mol. The number of hydrogen-bond donors (Lipinski definition) is 2. The Morgan fingerprint density at radius 1 is 1.47 bits per heavy atom. The van der Waals surface area contributed by atoms with Gasteiger partial charge in [-0.05, 0) is 25.6 Å². The number of nitrogens with two attached hydrogens (primary N) is 1. The lowest BCUT2D eigenvalue weighted by Crippen LogP contribution is -2.21. The third-order valence-electron chi connectivity index (χ3n) is 2.21. The normalized spacial score (nSPS) is 12.0. The fraction of sp³-hybridized carbons (Fsp3) is 0.667. The maximum Gasteiger partial charge on any atom is 0.184 e. The Kier molecular flexibility index (Phi) is 4.72. The van der Waals surface area contributed by atoms with Gasteiger partial charge in [-0.15, -0.1) is 0 Å². The highest BCUT2D eigenvalue weighted by atomic mass is 32.2. The SMILES string of the molecule is CCS(=O)(=O)c1c(N)nsc1NCCN(C)C. The number of nitrogens with zero attached hydrogens (tertiary/aromatic N) is 2. The number of likely N-dealkylation sites (N-methyl/N-ethyl adjacent to an activating group) is 1. The van der Waals surface area contributed by atoms with Gasteiger partial charge in [0.05, 0.1) is 5.75 Å². The van der Waals surface area contributed by atoms with E-state index in [1.54, 1.807) is 6.92 Å². The average molecular weight is 278 g/mol. The molecule has 0 fully saturated rings. The molecule has 17 heavy (non-hydrogen) atoms. The number of nitrogens with one attached hydrogen (secondary N) is 1. The molecule has 1 heterocycles. The van der Waals surface area contributed by atoms with E-state index in [0.717, 1.165) is 18.1 Å². The summed E-state index contributed by atoms with van der Waals surface area (Å²) < 4.78 is 27.6. The number of sulfone groups is 1. The van der Waals surface area contributed by atoms with Gasteiger partial charge in [-0.1, -0.05) is 6.92 Å². The minimum absolute atomic E-state index is 0.0258. The van der Waals surface area contributed by atoms with Crippen LogP contribution in [0.4, 0.5) is 10.8 Å². The lowest BCUT2D eigenvalue weighted by atomic mass is 10.5. The summed E-state index contributed by atoms with van der Waals surface area (Å²) in [5.41, 5.74) is 5.60. The van der Waals surface area contributed by atoms with Crippen LogP contribution in [-0.4, -0.2) is 50.6 Å². The van der Waals surface area contributed by atoms with Crippen molar-refractivity contribution in [3.05, 3.63) is 0 Å². The van der Waals surface area contributed by atoms with Crippen LogP contribution in [0.25, 0.3) is 0 Å². The summed E-state index contributed by atoms with van der Waals surface area (Å²) in [4.78, 5) is 2.15. The van der Waals surface area contributed by atoms with Gasteiger partial charge >= 0.3 is 0 Å². The second kappa shape index (κ2) is 5.65. The number of aromatic nitrogens is 1. The lowest BCUT2D eigenvalue weighted by Gasteiger charge is -2.11. The molecule has 0 unspecified atom stereocenters. The zero-order chi connectivity index (χ0) is 13.1. The molecule has 0 amide bonds. The van der Waals surface area contributed by atoms with Crippen molar-refractivity contribution < 1.29 is 8.42 Å². The first kappa shape index (κ1) is 14.2. The Bertz CT molecular complexity index is 467. The Hall–Kier alpha value is -0.860. The highest BCUT2D eigenvalue weighted by Gasteiger charge is 2.23. The van der Waals surface area contributed by atoms with Gasteiger partial charge < -0.3 is 16.0 Å². The Labute approximate surface area is 106 Å². The van der Waals surface area contributed by atoms with Gasteiger partial charge in [0, 0.05) is 13.1 Å². The predicted octanol–water partition coefficient (Wildman–Crippen LogP) is 0.492. The van der Waals surface area contributed by atoms with Crippen LogP contribution in [0.1, 0.15) is 6.92 Å². The van der Waals surface area contributed by atoms with Gasteiger partial charge in [-0.25, -0.2) is 8.42 Å². The van der Waals surface area contributed by atoms with Crippen LogP contribution in [0.15, 0.2) is 4.90 Å². The number of rotatable bonds is 6. The monoisotopic (exact) mass is 278 g/mol. The summed E-state index contributed by atoms with van der Waals surface area (Å²) in [6.45, 7) is 3.06. The first-order valence-electron chi connectivity index (χ1n) is 5.25. The standard InChI is InChI=1S/C9H18N4O2S2/c1-4-17(14,15)7-8(10)12-16-9(7)11-5-6-13(2)3/h11H,4-6H2,1-3H3,(H2,10,12). The largest absolute Gasteiger partial charge is 0.382 e. The van der Waals surface area contributed by atoms with Gasteiger partial charge in [0.25, 0.3) is 0 Å². The van der Waals surface area contributed by atoms with E-state index < -0.39 is 9.84 Å². The molecule has 0 aromatic carbocycles. The maximum absolute atomic E-state index is 11.8. The van der Waals surface area contributed by atoms with E-state index in [1.807, 2.05) is 19.0 Å². The first-order chi connectivity index (χ1) is 7.88. The molecule has 0 spiro atoms.